The number of likely N-dealkylation sites (tertiary alicyclic amines) is 1. The van der Waals surface area contributed by atoms with Crippen LogP contribution in [0.4, 0.5) is 18.9 Å². The number of allylic oxidation sites excluding steroid dienone is 1. The molecule has 11 heteroatoms. The molecule has 0 spiro atoms. The Hall–Kier alpha value is -3.82. The summed E-state index contributed by atoms with van der Waals surface area (Å²) in [5, 5.41) is 11.1. The molecule has 2 N–H and O–H groups in total. The van der Waals surface area contributed by atoms with Crippen LogP contribution in [0.2, 0.25) is 10.0 Å². The second-order valence-corrected chi connectivity index (χ2v) is 9.93. The number of nitrogens with zero attached hydrogens (tertiary/aromatic N) is 1. The summed E-state index contributed by atoms with van der Waals surface area (Å²) in [4.78, 5) is 27.5. The summed E-state index contributed by atoms with van der Waals surface area (Å²) < 4.78 is 44.5. The van der Waals surface area contributed by atoms with Gasteiger partial charge in [0.1, 0.15) is 5.71 Å². The standard InChI is InChI=1S/C29H24Cl2F3N3O3/c1-40-28(39)21-16-37(15-20(21)19-6-2-3-7-22(19)30)27(38)18-12-10-17(11-13-18)25(14-26(35)29(32,33)34)36-24-9-5-4-8-23(24)31/h2-14,20-21,35-36H,15-16H2,1H3/b25-14-,35-26?/t20?,21-/m1/s1. The van der Waals surface area contributed by atoms with E-state index in [1.807, 2.05) is 6.07 Å². The average Bonchev–Trinajstić information content (AvgIpc) is 3.38. The Labute approximate surface area is 238 Å². The highest BCUT2D eigenvalue weighted by Gasteiger charge is 2.42. The zero-order valence-corrected chi connectivity index (χ0v) is 22.6. The van der Waals surface area contributed by atoms with Crippen LogP contribution in [0.3, 0.4) is 0 Å². The van der Waals surface area contributed by atoms with Gasteiger partial charge in [-0.2, -0.15) is 13.2 Å². The lowest BCUT2D eigenvalue weighted by molar-refractivity contribution is -0.145. The van der Waals surface area contributed by atoms with Crippen LogP contribution in [0.1, 0.15) is 27.4 Å². The van der Waals surface area contributed by atoms with Gasteiger partial charge in [0, 0.05) is 35.3 Å². The van der Waals surface area contributed by atoms with Gasteiger partial charge >= 0.3 is 12.1 Å². The van der Waals surface area contributed by atoms with Gasteiger partial charge in [-0.1, -0.05) is 65.7 Å². The van der Waals surface area contributed by atoms with Gasteiger partial charge in [0.2, 0.25) is 0 Å². The summed E-state index contributed by atoms with van der Waals surface area (Å²) in [5.74, 6) is -1.80. The van der Waals surface area contributed by atoms with Crippen molar-refractivity contribution >= 4 is 52.2 Å². The number of alkyl halides is 3. The summed E-state index contributed by atoms with van der Waals surface area (Å²) in [6, 6.07) is 19.5. The quantitative estimate of drug-likeness (QED) is 0.228. The van der Waals surface area contributed by atoms with Gasteiger partial charge < -0.3 is 15.0 Å². The maximum Gasteiger partial charge on any atom is 0.432 e. The molecule has 2 atom stereocenters. The van der Waals surface area contributed by atoms with Gasteiger partial charge in [0.25, 0.3) is 5.91 Å². The van der Waals surface area contributed by atoms with Crippen LogP contribution in [-0.4, -0.2) is 48.9 Å². The van der Waals surface area contributed by atoms with E-state index in [-0.39, 0.29) is 41.2 Å². The lowest BCUT2D eigenvalue weighted by Crippen LogP contribution is -2.30. The van der Waals surface area contributed by atoms with Crippen molar-refractivity contribution < 1.29 is 27.5 Å². The van der Waals surface area contributed by atoms with E-state index < -0.39 is 23.8 Å². The molecular weight excluding hydrogens is 566 g/mol. The molecule has 0 aliphatic carbocycles. The van der Waals surface area contributed by atoms with Crippen LogP contribution in [0.15, 0.2) is 78.9 Å². The van der Waals surface area contributed by atoms with Crippen LogP contribution in [0.5, 0.6) is 0 Å². The van der Waals surface area contributed by atoms with E-state index in [4.69, 9.17) is 33.3 Å². The van der Waals surface area contributed by atoms with Gasteiger partial charge in [-0.25, -0.2) is 0 Å². The fraction of sp³-hybridized carbons (Fsp3) is 0.207. The van der Waals surface area contributed by atoms with Crippen LogP contribution < -0.4 is 5.32 Å². The van der Waals surface area contributed by atoms with Crippen LogP contribution in [-0.2, 0) is 9.53 Å². The highest BCUT2D eigenvalue weighted by atomic mass is 35.5. The third kappa shape index (κ3) is 6.48. The molecule has 1 heterocycles. The van der Waals surface area contributed by atoms with Crippen molar-refractivity contribution in [2.24, 2.45) is 5.92 Å². The second-order valence-electron chi connectivity index (χ2n) is 9.12. The summed E-state index contributed by atoms with van der Waals surface area (Å²) >= 11 is 12.6. The first-order valence-corrected chi connectivity index (χ1v) is 12.9. The van der Waals surface area contributed by atoms with E-state index in [0.717, 1.165) is 5.56 Å². The van der Waals surface area contributed by atoms with E-state index in [9.17, 15) is 22.8 Å². The molecule has 1 unspecified atom stereocenters. The summed E-state index contributed by atoms with van der Waals surface area (Å²) in [6.07, 6.45) is -4.19. The molecule has 1 saturated heterocycles. The molecule has 6 nitrogen and oxygen atoms in total. The molecule has 1 aliphatic heterocycles. The minimum atomic E-state index is -4.85. The Morgan fingerprint density at radius 1 is 0.950 bits per heavy atom. The van der Waals surface area contributed by atoms with Crippen molar-refractivity contribution in [2.75, 3.05) is 25.5 Å². The normalized spacial score (nSPS) is 17.4. The number of carbonyl (C=O) groups excluding carboxylic acids is 2. The Bertz CT molecular complexity index is 1460. The summed E-state index contributed by atoms with van der Waals surface area (Å²) in [5.41, 5.74) is 0.0714. The molecule has 0 bridgehead atoms. The highest BCUT2D eigenvalue weighted by Crippen LogP contribution is 2.37. The smallest absolute Gasteiger partial charge is 0.432 e. The zero-order chi connectivity index (χ0) is 29.0. The predicted molar refractivity (Wildman–Crippen MR) is 149 cm³/mol. The molecule has 1 aliphatic rings. The number of ether oxygens (including phenoxy) is 1. The summed E-state index contributed by atoms with van der Waals surface area (Å²) in [6.45, 7) is 0.344. The fourth-order valence-corrected chi connectivity index (χ4v) is 5.01. The number of esters is 1. The Balaban J connectivity index is 1.60. The average molecular weight is 590 g/mol. The zero-order valence-electron chi connectivity index (χ0n) is 21.1. The molecular formula is C29H24Cl2F3N3O3. The number of hydrogen-bond donors (Lipinski definition) is 2. The molecule has 3 aromatic carbocycles. The second kappa shape index (κ2) is 12.1. The topological polar surface area (TPSA) is 82.5 Å². The van der Waals surface area contributed by atoms with Crippen LogP contribution in [0, 0.1) is 11.3 Å². The van der Waals surface area contributed by atoms with Gasteiger partial charge in [-0.3, -0.25) is 15.0 Å². The fourth-order valence-electron chi connectivity index (χ4n) is 4.55. The first kappa shape index (κ1) is 29.2. The number of para-hydroxylation sites is 1. The number of anilines is 1. The summed E-state index contributed by atoms with van der Waals surface area (Å²) in [7, 11) is 1.29. The molecule has 40 heavy (non-hydrogen) atoms. The number of methoxy groups -OCH3 is 1. The van der Waals surface area contributed by atoms with Crippen molar-refractivity contribution in [3.63, 3.8) is 0 Å². The van der Waals surface area contributed by atoms with Gasteiger partial charge in [-0.05, 0) is 47.5 Å². The number of rotatable bonds is 7. The van der Waals surface area contributed by atoms with Crippen molar-refractivity contribution in [2.45, 2.75) is 12.1 Å². The molecule has 208 valence electrons. The van der Waals surface area contributed by atoms with Gasteiger partial charge in [0.05, 0.1) is 23.7 Å². The van der Waals surface area contributed by atoms with Crippen LogP contribution >= 0.6 is 23.2 Å². The van der Waals surface area contributed by atoms with E-state index in [1.165, 1.54) is 36.3 Å². The number of hydrogen-bond acceptors (Lipinski definition) is 5. The number of nitrogens with one attached hydrogen (secondary N) is 2. The van der Waals surface area contributed by atoms with E-state index in [0.29, 0.717) is 22.3 Å². The minimum Gasteiger partial charge on any atom is -0.469 e. The highest BCUT2D eigenvalue weighted by molar-refractivity contribution is 6.33. The van der Waals surface area contributed by atoms with Crippen molar-refractivity contribution in [1.82, 2.24) is 4.90 Å². The lowest BCUT2D eigenvalue weighted by Gasteiger charge is -2.18. The van der Waals surface area contributed by atoms with E-state index in [1.54, 1.807) is 42.5 Å². The van der Waals surface area contributed by atoms with Crippen molar-refractivity contribution in [1.29, 1.82) is 5.41 Å². The number of amides is 1. The van der Waals surface area contributed by atoms with Gasteiger partial charge in [0.15, 0.2) is 0 Å². The molecule has 1 fully saturated rings. The maximum atomic E-state index is 13.4. The minimum absolute atomic E-state index is 0.0277. The van der Waals surface area contributed by atoms with Crippen molar-refractivity contribution in [3.8, 4) is 0 Å². The van der Waals surface area contributed by atoms with E-state index in [2.05, 4.69) is 5.32 Å². The monoisotopic (exact) mass is 589 g/mol. The first-order chi connectivity index (χ1) is 19.0. The third-order valence-electron chi connectivity index (χ3n) is 6.60. The molecule has 3 aromatic rings. The number of halogens is 5. The van der Waals surface area contributed by atoms with Crippen LogP contribution in [0.25, 0.3) is 5.70 Å². The number of benzene rings is 3. The first-order valence-electron chi connectivity index (χ1n) is 12.1. The molecule has 4 rings (SSSR count). The largest absolute Gasteiger partial charge is 0.469 e. The Morgan fingerprint density at radius 2 is 1.55 bits per heavy atom. The van der Waals surface area contributed by atoms with Crippen molar-refractivity contribution in [3.05, 3.63) is 106 Å². The Kier molecular flexibility index (Phi) is 8.85. The maximum absolute atomic E-state index is 13.4. The van der Waals surface area contributed by atoms with E-state index >= 15 is 0 Å². The Morgan fingerprint density at radius 3 is 2.15 bits per heavy atom. The molecule has 0 aromatic heterocycles. The molecule has 0 saturated carbocycles. The lowest BCUT2D eigenvalue weighted by atomic mass is 9.89. The predicted octanol–water partition coefficient (Wildman–Crippen LogP) is 7.06. The number of carbonyl (C=O) groups is 2. The third-order valence-corrected chi connectivity index (χ3v) is 7.27. The molecule has 1 amide bonds. The molecule has 0 radical (unpaired) electrons. The van der Waals surface area contributed by atoms with Gasteiger partial charge in [-0.15, -0.1) is 0 Å². The SMILES string of the molecule is COC(=O)[C@@H]1CN(C(=O)c2ccc(/C(=C/C(=N)C(F)(F)F)Nc3ccccc3Cl)cc2)CC1c1ccccc1Cl.